The van der Waals surface area contributed by atoms with Crippen LogP contribution in [0.5, 0.6) is 0 Å². The molecule has 4 rings (SSSR count). The highest BCUT2D eigenvalue weighted by molar-refractivity contribution is 8.00. The molecule has 0 bridgehead atoms. The molecule has 1 aromatic carbocycles. The van der Waals surface area contributed by atoms with Gasteiger partial charge < -0.3 is 9.64 Å². The van der Waals surface area contributed by atoms with Crippen molar-refractivity contribution >= 4 is 47.1 Å². The molecule has 3 saturated heterocycles. The van der Waals surface area contributed by atoms with E-state index in [-0.39, 0.29) is 31.3 Å². The zero-order valence-corrected chi connectivity index (χ0v) is 16.7. The first-order valence-electron chi connectivity index (χ1n) is 8.99. The Labute approximate surface area is 171 Å². The van der Waals surface area contributed by atoms with Crippen LogP contribution < -0.4 is 0 Å². The molecule has 3 aliphatic rings. The molecule has 0 aromatic heterocycles. The number of hydrogen-bond donors (Lipinski definition) is 0. The van der Waals surface area contributed by atoms with Crippen LogP contribution in [0.2, 0.25) is 0 Å². The Morgan fingerprint density at radius 3 is 2.50 bits per heavy atom. The Hall–Kier alpha value is -2.06. The molecule has 0 aliphatic carbocycles. The maximum absolute atomic E-state index is 12.9. The van der Waals surface area contributed by atoms with Crippen LogP contribution in [0, 0.1) is 0 Å². The number of benzene rings is 1. The Morgan fingerprint density at radius 1 is 1.21 bits per heavy atom. The van der Waals surface area contributed by atoms with E-state index in [1.165, 1.54) is 16.7 Å². The summed E-state index contributed by atoms with van der Waals surface area (Å²) >= 11 is 7.95. The predicted molar refractivity (Wildman–Crippen MR) is 102 cm³/mol. The number of likely N-dealkylation sites (tertiary alicyclic amines) is 1. The third-order valence-electron chi connectivity index (χ3n) is 5.25. The van der Waals surface area contributed by atoms with Crippen LogP contribution in [0.4, 0.5) is 0 Å². The number of imide groups is 1. The Balaban J connectivity index is 1.52. The van der Waals surface area contributed by atoms with Gasteiger partial charge in [0, 0.05) is 18.6 Å². The van der Waals surface area contributed by atoms with Crippen LogP contribution >= 0.6 is 23.4 Å². The van der Waals surface area contributed by atoms with Gasteiger partial charge in [0.25, 0.3) is 5.91 Å². The number of halogens is 1. The molecule has 0 saturated carbocycles. The van der Waals surface area contributed by atoms with Gasteiger partial charge in [-0.1, -0.05) is 30.3 Å². The van der Waals surface area contributed by atoms with Gasteiger partial charge in [-0.05, 0) is 12.5 Å². The fourth-order valence-electron chi connectivity index (χ4n) is 3.84. The Bertz CT molecular complexity index is 830. The van der Waals surface area contributed by atoms with E-state index < -0.39 is 34.2 Å². The van der Waals surface area contributed by atoms with Gasteiger partial charge in [0.05, 0.1) is 4.87 Å². The van der Waals surface area contributed by atoms with E-state index >= 15 is 0 Å². The number of esters is 1. The second kappa shape index (κ2) is 7.08. The minimum absolute atomic E-state index is 0.0789. The average molecular weight is 423 g/mol. The molecule has 1 aromatic rings. The van der Waals surface area contributed by atoms with Crippen LogP contribution in [0.15, 0.2) is 30.3 Å². The van der Waals surface area contributed by atoms with Gasteiger partial charge in [0.15, 0.2) is 6.04 Å². The zero-order chi connectivity index (χ0) is 20.1. The average Bonchev–Trinajstić information content (AvgIpc) is 2.99. The number of ether oxygens (including phenoxy) is 1. The number of hydrogen-bond acceptors (Lipinski definition) is 6. The van der Waals surface area contributed by atoms with Crippen molar-refractivity contribution < 1.29 is 23.9 Å². The third-order valence-corrected chi connectivity index (χ3v) is 7.34. The van der Waals surface area contributed by atoms with Crippen LogP contribution in [-0.2, 0) is 30.5 Å². The van der Waals surface area contributed by atoms with Crippen molar-refractivity contribution in [3.8, 4) is 0 Å². The highest BCUT2D eigenvalue weighted by Gasteiger charge is 2.64. The summed E-state index contributed by atoms with van der Waals surface area (Å²) in [5.41, 5.74) is 0.829. The van der Waals surface area contributed by atoms with Crippen molar-refractivity contribution in [1.82, 2.24) is 9.80 Å². The van der Waals surface area contributed by atoms with Crippen molar-refractivity contribution in [2.45, 2.75) is 48.7 Å². The quantitative estimate of drug-likeness (QED) is 0.316. The van der Waals surface area contributed by atoms with Crippen molar-refractivity contribution in [1.29, 1.82) is 0 Å². The summed E-state index contributed by atoms with van der Waals surface area (Å²) in [6.45, 7) is 1.77. The van der Waals surface area contributed by atoms with Gasteiger partial charge in [-0.3, -0.25) is 19.3 Å². The van der Waals surface area contributed by atoms with Gasteiger partial charge >= 0.3 is 5.97 Å². The first kappa shape index (κ1) is 19.3. The van der Waals surface area contributed by atoms with E-state index in [0.29, 0.717) is 5.75 Å². The fourth-order valence-corrected chi connectivity index (χ4v) is 5.69. The highest BCUT2D eigenvalue weighted by Crippen LogP contribution is 2.47. The molecule has 0 N–H and O–H groups in total. The van der Waals surface area contributed by atoms with Crippen molar-refractivity contribution in [3.63, 3.8) is 0 Å². The second-order valence-corrected chi connectivity index (χ2v) is 9.29. The molecule has 2 unspecified atom stereocenters. The number of alkyl halides is 1. The number of amides is 3. The molecular formula is C19H19ClN2O5S. The number of β-lactam (4-membered cyclic amide) rings is 1. The minimum Gasteiger partial charge on any atom is -0.459 e. The molecule has 4 atom stereocenters. The summed E-state index contributed by atoms with van der Waals surface area (Å²) in [6.07, 6.45) is 0.242. The largest absolute Gasteiger partial charge is 0.459 e. The van der Waals surface area contributed by atoms with E-state index in [1.807, 2.05) is 30.3 Å². The van der Waals surface area contributed by atoms with Crippen LogP contribution in [0.3, 0.4) is 0 Å². The first-order chi connectivity index (χ1) is 13.3. The summed E-state index contributed by atoms with van der Waals surface area (Å²) in [7, 11) is 0. The smallest absolute Gasteiger partial charge is 0.331 e. The monoisotopic (exact) mass is 422 g/mol. The second-order valence-electron chi connectivity index (χ2n) is 7.32. The molecule has 9 heteroatoms. The number of thioether (sulfide) groups is 1. The number of fused-ring (bicyclic) bond motifs is 1. The van der Waals surface area contributed by atoms with Gasteiger partial charge in [0.1, 0.15) is 18.0 Å². The van der Waals surface area contributed by atoms with Crippen molar-refractivity contribution in [2.24, 2.45) is 0 Å². The molecular weight excluding hydrogens is 404 g/mol. The summed E-state index contributed by atoms with van der Waals surface area (Å²) in [4.78, 5) is 51.2. The van der Waals surface area contributed by atoms with Gasteiger partial charge in [0.2, 0.25) is 11.8 Å². The zero-order valence-electron chi connectivity index (χ0n) is 15.2. The Kier molecular flexibility index (Phi) is 4.87. The third kappa shape index (κ3) is 3.08. The number of carbonyl (C=O) groups excluding carboxylic acids is 4. The standard InChI is InChI=1S/C19H19ClN2O5S/c1-19(20)10-28-17-14(21-12(23)7-8-13(21)24)16(25)22(17)15(19)18(26)27-9-11-5-3-2-4-6-11/h2-6,14-15,17H,7-10H2,1H3/t14?,15?,17-,19+/m0/s1. The van der Waals surface area contributed by atoms with Crippen LogP contribution in [-0.4, -0.2) is 61.6 Å². The number of nitrogens with zero attached hydrogens (tertiary/aromatic N) is 2. The lowest BCUT2D eigenvalue weighted by Gasteiger charge is -2.57. The van der Waals surface area contributed by atoms with E-state index in [9.17, 15) is 19.2 Å². The van der Waals surface area contributed by atoms with Crippen LogP contribution in [0.1, 0.15) is 25.3 Å². The molecule has 3 amide bonds. The summed E-state index contributed by atoms with van der Waals surface area (Å²) < 4.78 is 5.43. The van der Waals surface area contributed by atoms with E-state index in [4.69, 9.17) is 16.3 Å². The molecule has 7 nitrogen and oxygen atoms in total. The molecule has 0 spiro atoms. The fraction of sp³-hybridized carbons (Fsp3) is 0.474. The maximum atomic E-state index is 12.9. The number of carbonyl (C=O) groups is 4. The summed E-state index contributed by atoms with van der Waals surface area (Å²) in [5, 5.41) is -0.473. The molecule has 148 valence electrons. The Morgan fingerprint density at radius 2 is 1.86 bits per heavy atom. The first-order valence-corrected chi connectivity index (χ1v) is 10.4. The minimum atomic E-state index is -1.01. The van der Waals surface area contributed by atoms with Gasteiger partial charge in [-0.15, -0.1) is 23.4 Å². The molecule has 28 heavy (non-hydrogen) atoms. The predicted octanol–water partition coefficient (Wildman–Crippen LogP) is 1.53. The van der Waals surface area contributed by atoms with E-state index in [0.717, 1.165) is 10.5 Å². The molecule has 3 aliphatic heterocycles. The lowest BCUT2D eigenvalue weighted by molar-refractivity contribution is -0.175. The van der Waals surface area contributed by atoms with Gasteiger partial charge in [-0.2, -0.15) is 0 Å². The SMILES string of the molecule is C[C@@]1(Cl)CS[C@H]2C(N3C(=O)CCC3=O)C(=O)N2C1C(=O)OCc1ccccc1. The molecule has 3 fully saturated rings. The highest BCUT2D eigenvalue weighted by atomic mass is 35.5. The molecule has 3 heterocycles. The van der Waals surface area contributed by atoms with Crippen molar-refractivity contribution in [3.05, 3.63) is 35.9 Å². The van der Waals surface area contributed by atoms with Gasteiger partial charge in [-0.25, -0.2) is 4.79 Å². The summed E-state index contributed by atoms with van der Waals surface area (Å²) in [5.74, 6) is -1.32. The normalized spacial score (nSPS) is 32.2. The number of rotatable bonds is 4. The molecule has 0 radical (unpaired) electrons. The summed E-state index contributed by atoms with van der Waals surface area (Å²) in [6, 6.07) is 7.39. The van der Waals surface area contributed by atoms with E-state index in [1.54, 1.807) is 6.92 Å². The maximum Gasteiger partial charge on any atom is 0.331 e. The topological polar surface area (TPSA) is 84.0 Å². The van der Waals surface area contributed by atoms with Crippen molar-refractivity contribution in [2.75, 3.05) is 5.75 Å². The van der Waals surface area contributed by atoms with E-state index in [2.05, 4.69) is 0 Å². The van der Waals surface area contributed by atoms with Crippen LogP contribution in [0.25, 0.3) is 0 Å². The lowest BCUT2D eigenvalue weighted by atomic mass is 9.93. The lowest BCUT2D eigenvalue weighted by Crippen LogP contribution is -2.78.